The van der Waals surface area contributed by atoms with Crippen molar-refractivity contribution in [3.8, 4) is 0 Å². The molecule has 0 atom stereocenters. The highest BCUT2D eigenvalue weighted by atomic mass is 35.5. The van der Waals surface area contributed by atoms with E-state index in [0.29, 0.717) is 30.1 Å². The van der Waals surface area contributed by atoms with Crippen LogP contribution in [0.25, 0.3) is 0 Å². The molecule has 1 aromatic carbocycles. The SMILES string of the molecule is O=C(C1CCN(S(=O)(=O)c2cccs2)CC1)N1CCCN(Cc2ccc(Cl)cc2)CC1. The van der Waals surface area contributed by atoms with E-state index in [2.05, 4.69) is 4.90 Å². The second kappa shape index (κ2) is 10.0. The van der Waals surface area contributed by atoms with Crippen LogP contribution in [0.1, 0.15) is 24.8 Å². The number of amides is 1. The summed E-state index contributed by atoms with van der Waals surface area (Å²) in [6.45, 7) is 4.98. The van der Waals surface area contributed by atoms with E-state index in [1.165, 1.54) is 21.2 Å². The number of carbonyl (C=O) groups is 1. The van der Waals surface area contributed by atoms with E-state index >= 15 is 0 Å². The van der Waals surface area contributed by atoms with Crippen molar-refractivity contribution in [3.05, 3.63) is 52.4 Å². The summed E-state index contributed by atoms with van der Waals surface area (Å²) in [7, 11) is -3.43. The molecule has 31 heavy (non-hydrogen) atoms. The minimum absolute atomic E-state index is 0.0856. The van der Waals surface area contributed by atoms with Gasteiger partial charge in [-0.1, -0.05) is 29.8 Å². The van der Waals surface area contributed by atoms with Crippen molar-refractivity contribution in [2.24, 2.45) is 5.92 Å². The third-order valence-corrected chi connectivity index (χ3v) is 9.64. The fourth-order valence-corrected chi connectivity index (χ4v) is 7.08. The number of thiophene rings is 1. The minimum Gasteiger partial charge on any atom is -0.341 e. The molecule has 6 nitrogen and oxygen atoms in total. The molecule has 0 unspecified atom stereocenters. The molecule has 0 N–H and O–H groups in total. The summed E-state index contributed by atoms with van der Waals surface area (Å²) in [5.41, 5.74) is 1.23. The zero-order valence-corrected chi connectivity index (χ0v) is 19.8. The maximum Gasteiger partial charge on any atom is 0.252 e. The average Bonchev–Trinajstić information content (AvgIpc) is 3.23. The van der Waals surface area contributed by atoms with E-state index in [-0.39, 0.29) is 11.8 Å². The zero-order chi connectivity index (χ0) is 21.8. The van der Waals surface area contributed by atoms with Gasteiger partial charge < -0.3 is 4.90 Å². The molecule has 4 rings (SSSR count). The number of rotatable bonds is 5. The van der Waals surface area contributed by atoms with Crippen molar-refractivity contribution >= 4 is 38.9 Å². The topological polar surface area (TPSA) is 60.9 Å². The summed E-state index contributed by atoms with van der Waals surface area (Å²) in [5, 5.41) is 2.52. The van der Waals surface area contributed by atoms with Crippen LogP contribution in [0.3, 0.4) is 0 Å². The Morgan fingerprint density at radius 2 is 1.74 bits per heavy atom. The number of hydrogen-bond donors (Lipinski definition) is 0. The molecular formula is C22H28ClN3O3S2. The van der Waals surface area contributed by atoms with Gasteiger partial charge in [-0.2, -0.15) is 4.31 Å². The Morgan fingerprint density at radius 3 is 2.42 bits per heavy atom. The maximum atomic E-state index is 13.1. The molecule has 0 saturated carbocycles. The molecule has 2 aliphatic heterocycles. The van der Waals surface area contributed by atoms with E-state index in [1.807, 2.05) is 29.2 Å². The van der Waals surface area contributed by atoms with E-state index in [0.717, 1.165) is 44.2 Å². The second-order valence-corrected chi connectivity index (χ2v) is 11.7. The van der Waals surface area contributed by atoms with Gasteiger partial charge in [0.1, 0.15) is 4.21 Å². The standard InChI is InChI=1S/C22H28ClN3O3S2/c23-20-6-4-18(5-7-20)17-24-10-2-11-25(15-14-24)22(27)19-8-12-26(13-9-19)31(28,29)21-3-1-16-30-21/h1,3-7,16,19H,2,8-15,17H2. The Morgan fingerprint density at radius 1 is 1.00 bits per heavy atom. The van der Waals surface area contributed by atoms with E-state index in [1.54, 1.807) is 17.5 Å². The molecule has 2 saturated heterocycles. The average molecular weight is 482 g/mol. The minimum atomic E-state index is -3.43. The predicted molar refractivity (Wildman–Crippen MR) is 124 cm³/mol. The first-order valence-corrected chi connectivity index (χ1v) is 13.4. The second-order valence-electron chi connectivity index (χ2n) is 8.19. The largest absolute Gasteiger partial charge is 0.341 e. The summed E-state index contributed by atoms with van der Waals surface area (Å²) in [6.07, 6.45) is 2.13. The van der Waals surface area contributed by atoms with Gasteiger partial charge in [-0.3, -0.25) is 9.69 Å². The molecule has 0 spiro atoms. The van der Waals surface area contributed by atoms with Gasteiger partial charge in [-0.15, -0.1) is 11.3 Å². The number of piperidine rings is 1. The number of hydrogen-bond acceptors (Lipinski definition) is 5. The number of benzene rings is 1. The van der Waals surface area contributed by atoms with Crippen LogP contribution >= 0.6 is 22.9 Å². The molecule has 2 fully saturated rings. The van der Waals surface area contributed by atoms with Gasteiger partial charge in [0.05, 0.1) is 0 Å². The molecule has 168 valence electrons. The van der Waals surface area contributed by atoms with Gasteiger partial charge in [0, 0.05) is 56.8 Å². The number of nitrogens with zero attached hydrogens (tertiary/aromatic N) is 3. The molecule has 2 aliphatic rings. The quantitative estimate of drug-likeness (QED) is 0.655. The highest BCUT2D eigenvalue weighted by Gasteiger charge is 2.34. The van der Waals surface area contributed by atoms with Crippen LogP contribution in [0.4, 0.5) is 0 Å². The summed E-state index contributed by atoms with van der Waals surface area (Å²) in [6, 6.07) is 11.3. The lowest BCUT2D eigenvalue weighted by molar-refractivity contribution is -0.136. The predicted octanol–water partition coefficient (Wildman–Crippen LogP) is 3.54. The number of sulfonamides is 1. The fraction of sp³-hybridized carbons (Fsp3) is 0.500. The van der Waals surface area contributed by atoms with Gasteiger partial charge in [0.15, 0.2) is 0 Å². The Labute approximate surface area is 193 Å². The van der Waals surface area contributed by atoms with Crippen molar-refractivity contribution in [2.75, 3.05) is 39.3 Å². The third kappa shape index (κ3) is 5.49. The molecule has 9 heteroatoms. The Hall–Kier alpha value is -1.45. The Balaban J connectivity index is 1.28. The Kier molecular flexibility index (Phi) is 7.33. The molecule has 0 aliphatic carbocycles. The van der Waals surface area contributed by atoms with Crippen LogP contribution in [0.5, 0.6) is 0 Å². The monoisotopic (exact) mass is 481 g/mol. The Bertz CT molecular complexity index is 972. The lowest BCUT2D eigenvalue weighted by atomic mass is 9.96. The first-order chi connectivity index (χ1) is 14.9. The van der Waals surface area contributed by atoms with Crippen LogP contribution in [0.2, 0.25) is 5.02 Å². The normalized spacial score (nSPS) is 20.0. The highest BCUT2D eigenvalue weighted by Crippen LogP contribution is 2.27. The van der Waals surface area contributed by atoms with Crippen LogP contribution in [-0.4, -0.2) is 67.7 Å². The lowest BCUT2D eigenvalue weighted by Crippen LogP contribution is -2.45. The van der Waals surface area contributed by atoms with Gasteiger partial charge >= 0.3 is 0 Å². The molecule has 1 amide bonds. The van der Waals surface area contributed by atoms with E-state index in [4.69, 9.17) is 11.6 Å². The van der Waals surface area contributed by atoms with Gasteiger partial charge in [-0.05, 0) is 48.4 Å². The number of carbonyl (C=O) groups excluding carboxylic acids is 1. The van der Waals surface area contributed by atoms with Crippen LogP contribution in [0.15, 0.2) is 46.0 Å². The van der Waals surface area contributed by atoms with Crippen molar-refractivity contribution in [1.82, 2.24) is 14.1 Å². The van der Waals surface area contributed by atoms with Crippen LogP contribution in [-0.2, 0) is 21.4 Å². The van der Waals surface area contributed by atoms with E-state index in [9.17, 15) is 13.2 Å². The van der Waals surface area contributed by atoms with Gasteiger partial charge in [0.2, 0.25) is 5.91 Å². The first kappa shape index (κ1) is 22.7. The molecule has 3 heterocycles. The van der Waals surface area contributed by atoms with Crippen LogP contribution < -0.4 is 0 Å². The molecule has 1 aromatic heterocycles. The maximum absolute atomic E-state index is 13.1. The summed E-state index contributed by atoms with van der Waals surface area (Å²) in [5.74, 6) is 0.0964. The van der Waals surface area contributed by atoms with Gasteiger partial charge in [0.25, 0.3) is 10.0 Å². The molecular weight excluding hydrogens is 454 g/mol. The first-order valence-electron chi connectivity index (χ1n) is 10.7. The van der Waals surface area contributed by atoms with Crippen LogP contribution in [0, 0.1) is 5.92 Å². The molecule has 0 bridgehead atoms. The highest BCUT2D eigenvalue weighted by molar-refractivity contribution is 7.91. The fourth-order valence-electron chi connectivity index (χ4n) is 4.34. The zero-order valence-electron chi connectivity index (χ0n) is 17.5. The smallest absolute Gasteiger partial charge is 0.252 e. The van der Waals surface area contributed by atoms with Crippen molar-refractivity contribution in [2.45, 2.75) is 30.0 Å². The summed E-state index contributed by atoms with van der Waals surface area (Å²) < 4.78 is 27.3. The molecule has 2 aromatic rings. The van der Waals surface area contributed by atoms with Crippen molar-refractivity contribution < 1.29 is 13.2 Å². The van der Waals surface area contributed by atoms with Crippen molar-refractivity contribution in [1.29, 1.82) is 0 Å². The number of halogens is 1. The summed E-state index contributed by atoms with van der Waals surface area (Å²) >= 11 is 7.22. The lowest BCUT2D eigenvalue weighted by Gasteiger charge is -2.33. The molecule has 0 radical (unpaired) electrons. The van der Waals surface area contributed by atoms with E-state index < -0.39 is 10.0 Å². The van der Waals surface area contributed by atoms with Crippen molar-refractivity contribution in [3.63, 3.8) is 0 Å². The third-order valence-electron chi connectivity index (χ3n) is 6.11. The van der Waals surface area contributed by atoms with Gasteiger partial charge in [-0.25, -0.2) is 8.42 Å². The summed E-state index contributed by atoms with van der Waals surface area (Å²) in [4.78, 5) is 17.5.